The molecule has 2 aromatic rings. The lowest BCUT2D eigenvalue weighted by atomic mass is 9.59. The molecule has 0 bridgehead atoms. The molecule has 3 aliphatic carbocycles. The Labute approximate surface area is 264 Å². The molecule has 0 spiro atoms. The number of rotatable bonds is 8. The van der Waals surface area contributed by atoms with Crippen molar-refractivity contribution in [2.45, 2.75) is 142 Å². The Hall–Kier alpha value is -0.966. The highest BCUT2D eigenvalue weighted by Gasteiger charge is 2.63. The van der Waals surface area contributed by atoms with Gasteiger partial charge in [-0.25, -0.2) is 9.97 Å². The SMILES string of the molecule is CC1C2C(=O)c3nc([Si](C(C)C)(C(C)C)C(C)C)sc3C2C(C)C2C(=O)c3nc([Si](C(C)C)(C(C)C)C(C)C)sc3C12. The summed E-state index contributed by atoms with van der Waals surface area (Å²) in [6.07, 6.45) is 0. The number of aromatic nitrogens is 2. The van der Waals surface area contributed by atoms with Gasteiger partial charge in [-0.3, -0.25) is 9.59 Å². The minimum absolute atomic E-state index is 0.0798. The number of ketones is 2. The third-order valence-corrected chi connectivity index (χ3v) is 30.3. The lowest BCUT2D eigenvalue weighted by Crippen LogP contribution is -2.56. The predicted octanol–water partition coefficient (Wildman–Crippen LogP) is 9.15. The van der Waals surface area contributed by atoms with Gasteiger partial charge in [0.1, 0.15) is 27.5 Å². The van der Waals surface area contributed by atoms with Crippen molar-refractivity contribution in [3.63, 3.8) is 0 Å². The largest absolute Gasteiger partial charge is 0.292 e. The first-order valence-electron chi connectivity index (χ1n) is 16.6. The molecule has 0 aromatic carbocycles. The van der Waals surface area contributed by atoms with Gasteiger partial charge in [0, 0.05) is 33.4 Å². The Morgan fingerprint density at radius 2 is 0.762 bits per heavy atom. The number of carbonyl (C=O) groups is 2. The van der Waals surface area contributed by atoms with E-state index in [1.807, 2.05) is 22.7 Å². The zero-order valence-corrected chi connectivity index (χ0v) is 32.1. The molecule has 1 fully saturated rings. The molecule has 3 aliphatic rings. The second-order valence-corrected chi connectivity index (χ2v) is 30.2. The maximum absolute atomic E-state index is 14.3. The summed E-state index contributed by atoms with van der Waals surface area (Å²) in [5, 5.41) is 0. The molecule has 0 N–H and O–H groups in total. The molecule has 2 heterocycles. The second kappa shape index (κ2) is 10.8. The molecular weight excluding hydrogens is 589 g/mol. The lowest BCUT2D eigenvalue weighted by Gasteiger charge is -2.44. The van der Waals surface area contributed by atoms with Crippen LogP contribution in [0.25, 0.3) is 0 Å². The number of Topliss-reactive ketones (excluding diaryl/α,β-unsaturated/α-hetero) is 2. The van der Waals surface area contributed by atoms with Gasteiger partial charge in [0.05, 0.1) is 9.26 Å². The van der Waals surface area contributed by atoms with Gasteiger partial charge in [-0.1, -0.05) is 96.9 Å². The van der Waals surface area contributed by atoms with E-state index in [2.05, 4.69) is 96.9 Å². The van der Waals surface area contributed by atoms with Crippen LogP contribution in [0.1, 0.15) is 139 Å². The van der Waals surface area contributed by atoms with Gasteiger partial charge in [-0.15, -0.1) is 22.7 Å². The molecule has 6 atom stereocenters. The maximum Gasteiger partial charge on any atom is 0.186 e. The molecule has 232 valence electrons. The molecular formula is C34H54N2O2S2Si2. The summed E-state index contributed by atoms with van der Waals surface area (Å²) in [6, 6.07) is 0. The zero-order chi connectivity index (χ0) is 31.4. The van der Waals surface area contributed by atoms with Crippen molar-refractivity contribution in [3.05, 3.63) is 21.1 Å². The third kappa shape index (κ3) is 3.99. The molecule has 5 rings (SSSR count). The molecule has 4 nitrogen and oxygen atoms in total. The van der Waals surface area contributed by atoms with E-state index in [4.69, 9.17) is 9.97 Å². The van der Waals surface area contributed by atoms with Crippen LogP contribution < -0.4 is 9.26 Å². The van der Waals surface area contributed by atoms with E-state index in [0.29, 0.717) is 33.2 Å². The lowest BCUT2D eigenvalue weighted by molar-refractivity contribution is 0.0549. The minimum atomic E-state index is -1.97. The Kier molecular flexibility index (Phi) is 8.36. The molecule has 8 heteroatoms. The van der Waals surface area contributed by atoms with E-state index >= 15 is 0 Å². The van der Waals surface area contributed by atoms with Crippen molar-refractivity contribution in [1.82, 2.24) is 9.97 Å². The highest BCUT2D eigenvalue weighted by atomic mass is 32.1. The number of hydrogen-bond acceptors (Lipinski definition) is 6. The first-order chi connectivity index (χ1) is 19.5. The molecule has 6 unspecified atom stereocenters. The summed E-state index contributed by atoms with van der Waals surface area (Å²) in [5.41, 5.74) is 4.80. The van der Waals surface area contributed by atoms with Crippen molar-refractivity contribution >= 4 is 59.6 Å². The molecule has 0 aliphatic heterocycles. The first-order valence-corrected chi connectivity index (χ1v) is 22.7. The standard InChI is InChI=1S/C34H54N2O2S2Si2/c1-15(2)41(16(3)4,17(5)6)33-35-27-29(37)23-22(14)26-24(21(13)25(23)31(27)39-33)30(38)28-32(26)40-34(36-28)42(18(7)8,19(9)10)20(11)12/h15-26H,1-14H3. The average molecular weight is 643 g/mol. The van der Waals surface area contributed by atoms with E-state index in [1.54, 1.807) is 0 Å². The predicted molar refractivity (Wildman–Crippen MR) is 185 cm³/mol. The second-order valence-electron chi connectivity index (χ2n) is 15.8. The average Bonchev–Trinajstić information content (AvgIpc) is 3.59. The van der Waals surface area contributed by atoms with Crippen LogP contribution in [-0.2, 0) is 0 Å². The number of fused-ring (bicyclic) bond motifs is 6. The molecule has 0 saturated heterocycles. The van der Waals surface area contributed by atoms with Crippen molar-refractivity contribution in [1.29, 1.82) is 0 Å². The van der Waals surface area contributed by atoms with Gasteiger partial charge in [0.15, 0.2) is 11.6 Å². The normalized spacial score (nSPS) is 27.7. The van der Waals surface area contributed by atoms with Gasteiger partial charge in [0.2, 0.25) is 0 Å². The Morgan fingerprint density at radius 3 is 1.00 bits per heavy atom. The van der Waals surface area contributed by atoms with Crippen LogP contribution in [0.3, 0.4) is 0 Å². The summed E-state index contributed by atoms with van der Waals surface area (Å²) >= 11 is 3.71. The molecule has 0 radical (unpaired) electrons. The summed E-state index contributed by atoms with van der Waals surface area (Å²) in [7, 11) is -3.94. The smallest absolute Gasteiger partial charge is 0.186 e. The molecule has 42 heavy (non-hydrogen) atoms. The Balaban J connectivity index is 1.59. The van der Waals surface area contributed by atoms with Gasteiger partial charge in [0.25, 0.3) is 0 Å². The highest BCUT2D eigenvalue weighted by molar-refractivity contribution is 7.28. The van der Waals surface area contributed by atoms with Crippen LogP contribution >= 0.6 is 22.7 Å². The van der Waals surface area contributed by atoms with Crippen LogP contribution in [0.4, 0.5) is 0 Å². The molecule has 0 amide bonds. The van der Waals surface area contributed by atoms with E-state index < -0.39 is 16.1 Å². The van der Waals surface area contributed by atoms with Gasteiger partial charge in [-0.2, -0.15) is 0 Å². The zero-order valence-electron chi connectivity index (χ0n) is 28.5. The topological polar surface area (TPSA) is 59.9 Å². The highest BCUT2D eigenvalue weighted by Crippen LogP contribution is 2.63. The van der Waals surface area contributed by atoms with E-state index in [-0.39, 0.29) is 47.1 Å². The van der Waals surface area contributed by atoms with Crippen LogP contribution in [0, 0.1) is 23.7 Å². The van der Waals surface area contributed by atoms with Gasteiger partial charge < -0.3 is 0 Å². The number of thiazole rings is 2. The van der Waals surface area contributed by atoms with E-state index in [0.717, 1.165) is 11.4 Å². The summed E-state index contributed by atoms with van der Waals surface area (Å²) in [4.78, 5) is 41.6. The minimum Gasteiger partial charge on any atom is -0.292 e. The Morgan fingerprint density at radius 1 is 0.500 bits per heavy atom. The van der Waals surface area contributed by atoms with Crippen LogP contribution in [-0.4, -0.2) is 37.7 Å². The van der Waals surface area contributed by atoms with E-state index in [1.165, 1.54) is 19.0 Å². The monoisotopic (exact) mass is 642 g/mol. The number of hydrogen-bond donors (Lipinski definition) is 0. The summed E-state index contributed by atoms with van der Waals surface area (Å²) in [5.74, 6) is 0.755. The summed E-state index contributed by atoms with van der Waals surface area (Å²) in [6.45, 7) is 32.9. The van der Waals surface area contributed by atoms with Gasteiger partial charge in [-0.05, 0) is 45.1 Å². The summed E-state index contributed by atoms with van der Waals surface area (Å²) < 4.78 is 2.53. The van der Waals surface area contributed by atoms with Crippen molar-refractivity contribution < 1.29 is 9.59 Å². The fourth-order valence-electron chi connectivity index (χ4n) is 11.0. The fraction of sp³-hybridized carbons (Fsp3) is 0.765. The van der Waals surface area contributed by atoms with E-state index in [9.17, 15) is 9.59 Å². The van der Waals surface area contributed by atoms with Crippen LogP contribution in [0.2, 0.25) is 33.2 Å². The van der Waals surface area contributed by atoms with Crippen molar-refractivity contribution in [2.24, 2.45) is 23.7 Å². The first kappa shape index (κ1) is 32.4. The molecule has 2 aromatic heterocycles. The number of carbonyl (C=O) groups excluding carboxylic acids is 2. The number of nitrogens with zero attached hydrogens (tertiary/aromatic N) is 2. The van der Waals surface area contributed by atoms with Crippen LogP contribution in [0.5, 0.6) is 0 Å². The van der Waals surface area contributed by atoms with Crippen LogP contribution in [0.15, 0.2) is 0 Å². The van der Waals surface area contributed by atoms with Crippen molar-refractivity contribution in [2.75, 3.05) is 0 Å². The van der Waals surface area contributed by atoms with Crippen molar-refractivity contribution in [3.8, 4) is 0 Å². The Bertz CT molecular complexity index is 1240. The maximum atomic E-state index is 14.3. The quantitative estimate of drug-likeness (QED) is 0.270. The molecule has 1 saturated carbocycles. The fourth-order valence-corrected chi connectivity index (χ4v) is 31.1. The van der Waals surface area contributed by atoms with Gasteiger partial charge >= 0.3 is 0 Å². The third-order valence-electron chi connectivity index (χ3n) is 12.5.